The maximum atomic E-state index is 12.7. The molecule has 0 heterocycles. The molecule has 0 bridgehead atoms. The number of rotatable bonds is 7. The summed E-state index contributed by atoms with van der Waals surface area (Å²) in [5.74, 6) is -5.14. The van der Waals surface area contributed by atoms with E-state index >= 15 is 0 Å². The fourth-order valence-corrected chi connectivity index (χ4v) is 2.73. The fourth-order valence-electron chi connectivity index (χ4n) is 0.999. The highest BCUT2D eigenvalue weighted by Gasteiger charge is 2.57. The maximum Gasteiger partial charge on any atom is 0.437 e. The third-order valence-corrected chi connectivity index (χ3v) is 3.96. The molecule has 0 aliphatic rings. The van der Waals surface area contributed by atoms with Crippen molar-refractivity contribution >= 4 is 25.2 Å². The van der Waals surface area contributed by atoms with Crippen molar-refractivity contribution in [3.05, 3.63) is 0 Å². The van der Waals surface area contributed by atoms with E-state index in [9.17, 15) is 22.5 Å². The van der Waals surface area contributed by atoms with Gasteiger partial charge < -0.3 is 13.8 Å². The first-order valence-electron chi connectivity index (χ1n) is 4.92. The Labute approximate surface area is 107 Å². The van der Waals surface area contributed by atoms with E-state index < -0.39 is 31.5 Å². The van der Waals surface area contributed by atoms with Crippen molar-refractivity contribution in [2.24, 2.45) is 0 Å². The van der Waals surface area contributed by atoms with E-state index in [1.165, 1.54) is 13.8 Å². The second-order valence-corrected chi connectivity index (χ2v) is 5.23. The minimum Gasteiger partial charge on any atom is -0.438 e. The Balaban J connectivity index is 5.24. The minimum atomic E-state index is -5.08. The molecule has 0 aromatic rings. The smallest absolute Gasteiger partial charge is 0.437 e. The van der Waals surface area contributed by atoms with E-state index in [2.05, 4.69) is 13.8 Å². The van der Waals surface area contributed by atoms with Gasteiger partial charge in [0.15, 0.2) is 0 Å². The number of alkyl halides is 4. The summed E-state index contributed by atoms with van der Waals surface area (Å²) in [6.45, 7) is 2.09. The molecule has 108 valence electrons. The molecule has 0 aromatic carbocycles. The van der Waals surface area contributed by atoms with Gasteiger partial charge in [-0.2, -0.15) is 13.2 Å². The molecule has 1 atom stereocenters. The molecule has 0 radical (unpaired) electrons. The molecule has 0 fully saturated rings. The maximum absolute atomic E-state index is 12.7. The quantitative estimate of drug-likeness (QED) is 0.411. The zero-order chi connectivity index (χ0) is 14.4. The van der Waals surface area contributed by atoms with Crippen LogP contribution in [0.15, 0.2) is 0 Å². The second kappa shape index (κ2) is 7.33. The number of esters is 1. The van der Waals surface area contributed by atoms with Crippen molar-refractivity contribution in [3.8, 4) is 0 Å². The first kappa shape index (κ1) is 17.7. The molecule has 18 heavy (non-hydrogen) atoms. The molecule has 0 rings (SSSR count). The van der Waals surface area contributed by atoms with Crippen LogP contribution in [-0.4, -0.2) is 37.1 Å². The summed E-state index contributed by atoms with van der Waals surface area (Å²) in [4.78, 5) is 10.8. The molecule has 0 N–H and O–H groups in total. The van der Waals surface area contributed by atoms with Gasteiger partial charge in [0, 0.05) is 0 Å². The van der Waals surface area contributed by atoms with Crippen LogP contribution in [0.25, 0.3) is 0 Å². The highest BCUT2D eigenvalue weighted by molar-refractivity contribution is 7.54. The number of ether oxygens (including phenoxy) is 1. The largest absolute Gasteiger partial charge is 0.438 e. The summed E-state index contributed by atoms with van der Waals surface area (Å²) in [6.07, 6.45) is -5.08. The van der Waals surface area contributed by atoms with Crippen molar-refractivity contribution in [2.45, 2.75) is 25.9 Å². The van der Waals surface area contributed by atoms with Crippen LogP contribution in [0.5, 0.6) is 0 Å². The third-order valence-electron chi connectivity index (χ3n) is 1.54. The van der Waals surface area contributed by atoms with Crippen molar-refractivity contribution < 1.29 is 36.3 Å². The summed E-state index contributed by atoms with van der Waals surface area (Å²) >= 11 is 5.04. The van der Waals surface area contributed by atoms with Crippen molar-refractivity contribution in [3.63, 3.8) is 0 Å². The van der Waals surface area contributed by atoms with Crippen LogP contribution in [0, 0.1) is 0 Å². The van der Waals surface area contributed by atoms with Crippen LogP contribution in [0.2, 0.25) is 0 Å². The molecule has 0 spiro atoms. The van der Waals surface area contributed by atoms with Gasteiger partial charge in [-0.1, -0.05) is 0 Å². The second-order valence-electron chi connectivity index (χ2n) is 2.89. The van der Waals surface area contributed by atoms with Gasteiger partial charge in [0.05, 0.1) is 13.2 Å². The molecule has 5 nitrogen and oxygen atoms in total. The Bertz CT molecular complexity index is 312. The first-order valence-corrected chi connectivity index (χ1v) is 7.06. The van der Waals surface area contributed by atoms with Crippen molar-refractivity contribution in [2.75, 3.05) is 19.1 Å². The van der Waals surface area contributed by atoms with E-state index in [0.717, 1.165) is 0 Å². The minimum absolute atomic E-state index is 0.289. The number of halogens is 4. The van der Waals surface area contributed by atoms with E-state index in [0.29, 0.717) is 0 Å². The zero-order valence-corrected chi connectivity index (χ0v) is 11.3. The molecule has 0 aliphatic heterocycles. The summed E-state index contributed by atoms with van der Waals surface area (Å²) in [5.41, 5.74) is 0. The van der Waals surface area contributed by atoms with E-state index in [1.54, 1.807) is 0 Å². The number of hydrogen-bond acceptors (Lipinski definition) is 5. The van der Waals surface area contributed by atoms with E-state index in [1.807, 2.05) is 0 Å². The first-order chi connectivity index (χ1) is 8.21. The molecule has 0 saturated carbocycles. The van der Waals surface area contributed by atoms with Gasteiger partial charge in [0.2, 0.25) is 0 Å². The normalized spacial score (nSPS) is 14.3. The van der Waals surface area contributed by atoms with Crippen molar-refractivity contribution in [1.82, 2.24) is 0 Å². The molecule has 0 amide bonds. The highest BCUT2D eigenvalue weighted by atomic mass is 35.5. The van der Waals surface area contributed by atoms with Crippen LogP contribution < -0.4 is 0 Å². The lowest BCUT2D eigenvalue weighted by atomic mass is 10.7. The molecular weight excluding hydrogens is 300 g/mol. The van der Waals surface area contributed by atoms with Crippen LogP contribution in [0.1, 0.15) is 13.8 Å². The van der Waals surface area contributed by atoms with Gasteiger partial charge in [-0.25, -0.2) is 0 Å². The van der Waals surface area contributed by atoms with Gasteiger partial charge in [-0.05, 0) is 13.8 Å². The average molecular weight is 313 g/mol. The highest BCUT2D eigenvalue weighted by Crippen LogP contribution is 2.58. The van der Waals surface area contributed by atoms with E-state index in [4.69, 9.17) is 11.6 Å². The van der Waals surface area contributed by atoms with Crippen LogP contribution in [0.3, 0.4) is 0 Å². The Morgan fingerprint density at radius 3 is 2.00 bits per heavy atom. The molecule has 0 saturated heterocycles. The summed E-state index contributed by atoms with van der Waals surface area (Å²) in [6, 6.07) is 0. The Kier molecular flexibility index (Phi) is 7.21. The topological polar surface area (TPSA) is 61.8 Å². The van der Waals surface area contributed by atoms with Crippen LogP contribution in [-0.2, 0) is 23.1 Å². The number of carbonyl (C=O) groups is 1. The Morgan fingerprint density at radius 1 is 1.28 bits per heavy atom. The fraction of sp³-hybridized carbons (Fsp3) is 0.875. The zero-order valence-electron chi connectivity index (χ0n) is 9.70. The molecule has 1 unspecified atom stereocenters. The Hall–Kier alpha value is -0.300. The average Bonchev–Trinajstić information content (AvgIpc) is 2.24. The standard InChI is InChI=1S/C8H13ClF3O5P/c1-3-15-18(14,16-4-2)7(8(10,11)12)17-6(13)5-9/h7H,3-5H2,1-2H3. The van der Waals surface area contributed by atoms with Gasteiger partial charge >= 0.3 is 19.7 Å². The van der Waals surface area contributed by atoms with Crippen LogP contribution in [0.4, 0.5) is 13.2 Å². The summed E-state index contributed by atoms with van der Waals surface area (Å²) in [7, 11) is -4.64. The molecular formula is C8H13ClF3O5P. The lowest BCUT2D eigenvalue weighted by Gasteiger charge is -2.27. The van der Waals surface area contributed by atoms with Gasteiger partial charge in [0.25, 0.3) is 5.85 Å². The van der Waals surface area contributed by atoms with E-state index in [-0.39, 0.29) is 13.2 Å². The van der Waals surface area contributed by atoms with Gasteiger partial charge in [-0.3, -0.25) is 9.36 Å². The molecule has 10 heteroatoms. The van der Waals surface area contributed by atoms with Gasteiger partial charge in [0.1, 0.15) is 5.88 Å². The van der Waals surface area contributed by atoms with Gasteiger partial charge in [-0.15, -0.1) is 11.6 Å². The summed E-state index contributed by atoms with van der Waals surface area (Å²) in [5, 5.41) is 0. The number of hydrogen-bond donors (Lipinski definition) is 0. The predicted octanol–water partition coefficient (Wildman–Crippen LogP) is 2.92. The Morgan fingerprint density at radius 2 is 1.72 bits per heavy atom. The lowest BCUT2D eigenvalue weighted by Crippen LogP contribution is -2.35. The predicted molar refractivity (Wildman–Crippen MR) is 57.5 cm³/mol. The monoisotopic (exact) mass is 312 g/mol. The SMILES string of the molecule is CCOP(=O)(OCC)C(OC(=O)CCl)C(F)(F)F. The summed E-state index contributed by atoms with van der Waals surface area (Å²) < 4.78 is 63.1. The number of carbonyl (C=O) groups excluding carboxylic acids is 1. The van der Waals surface area contributed by atoms with Crippen LogP contribution >= 0.6 is 19.2 Å². The molecule has 0 aliphatic carbocycles. The third kappa shape index (κ3) is 5.14. The van der Waals surface area contributed by atoms with Crippen molar-refractivity contribution in [1.29, 1.82) is 0 Å². The lowest BCUT2D eigenvalue weighted by molar-refractivity contribution is -0.202. The molecule has 0 aromatic heterocycles.